The minimum Gasteiger partial charge on any atom is -0.373 e. The number of halogens is 1. The Morgan fingerprint density at radius 3 is 2.18 bits per heavy atom. The Kier molecular flexibility index (Phi) is 6.41. The molecule has 0 radical (unpaired) electrons. The van der Waals surface area contributed by atoms with Crippen molar-refractivity contribution >= 4 is 20.7 Å². The second-order valence-electron chi connectivity index (χ2n) is 4.21. The summed E-state index contributed by atoms with van der Waals surface area (Å²) in [4.78, 5) is 5.83. The van der Waals surface area contributed by atoms with Gasteiger partial charge in [0.25, 0.3) is 0 Å². The molecule has 0 unspecified atom stereocenters. The molecule has 1 saturated heterocycles. The van der Waals surface area contributed by atoms with Gasteiger partial charge in [-0.3, -0.25) is 0 Å². The van der Waals surface area contributed by atoms with E-state index in [0.29, 0.717) is 0 Å². The van der Waals surface area contributed by atoms with E-state index in [9.17, 15) is 0 Å². The lowest BCUT2D eigenvalue weighted by molar-refractivity contribution is -2.00. The van der Waals surface area contributed by atoms with Crippen molar-refractivity contribution in [2.75, 3.05) is 26.3 Å². The first-order chi connectivity index (χ1) is 10.4. The van der Waals surface area contributed by atoms with Gasteiger partial charge in [-0.15, -0.1) is 10.2 Å². The molecule has 22 heavy (non-hydrogen) atoms. The van der Waals surface area contributed by atoms with Crippen molar-refractivity contribution in [2.45, 2.75) is 0 Å². The van der Waals surface area contributed by atoms with Crippen LogP contribution in [0.3, 0.4) is 0 Å². The number of hydrogen-bond acceptors (Lipinski definition) is 8. The average Bonchev–Trinajstić information content (AvgIpc) is 2.97. The number of ether oxygens (including phenoxy) is 1. The van der Waals surface area contributed by atoms with Crippen LogP contribution in [0.25, 0.3) is 10.6 Å². The predicted molar refractivity (Wildman–Crippen MR) is 71.2 cm³/mol. The summed E-state index contributed by atoms with van der Waals surface area (Å²) >= 11 is 0. The maximum absolute atomic E-state index is 8.49. The summed E-state index contributed by atoms with van der Waals surface area (Å²) in [5, 5.41) is 1.11. The second kappa shape index (κ2) is 8.09. The van der Waals surface area contributed by atoms with Gasteiger partial charge in [-0.2, -0.15) is 0 Å². The zero-order valence-corrected chi connectivity index (χ0v) is 13.7. The van der Waals surface area contributed by atoms with Crippen LogP contribution in [0.5, 0.6) is 0 Å². The number of morpholine rings is 1. The van der Waals surface area contributed by atoms with Crippen molar-refractivity contribution in [3.05, 3.63) is 35.1 Å². The lowest BCUT2D eigenvalue weighted by atomic mass is 10.2. The van der Waals surface area contributed by atoms with E-state index in [2.05, 4.69) is 28.8 Å². The van der Waals surface area contributed by atoms with Gasteiger partial charge in [-0.1, -0.05) is 18.2 Å². The van der Waals surface area contributed by atoms with E-state index in [1.165, 1.54) is 5.56 Å². The zero-order valence-electron chi connectivity index (χ0n) is 11.3. The molecule has 0 N–H and O–H groups in total. The highest BCUT2D eigenvalue weighted by atomic mass is 35.7. The quantitative estimate of drug-likeness (QED) is 0.391. The molecule has 2 aromatic rings. The molecule has 0 saturated carbocycles. The van der Waals surface area contributed by atoms with E-state index in [-0.39, 0.29) is 0 Å². The van der Waals surface area contributed by atoms with E-state index in [1.54, 1.807) is 20.7 Å². The summed E-state index contributed by atoms with van der Waals surface area (Å²) in [5.41, 5.74) is 1.20. The molecule has 0 bridgehead atoms. The highest BCUT2D eigenvalue weighted by molar-refractivity contribution is 7.69. The standard InChI is InChI=1S/C12H13N2OS2.ClHO4/c1-2-4-10(5-3-1)11-13-12(17-16-11)14-6-8-15-9-7-14;2-1(3,4)5/h1-5H,6-9H2;(H,2,3,4,5)/q+1;/p-1. The van der Waals surface area contributed by atoms with Crippen LogP contribution < -0.4 is 28.0 Å². The minimum absolute atomic E-state index is 0.810. The summed E-state index contributed by atoms with van der Waals surface area (Å²) < 4.78 is 41.6. The van der Waals surface area contributed by atoms with Crippen molar-refractivity contribution in [1.82, 2.24) is 9.56 Å². The maximum Gasteiger partial charge on any atom is 0.389 e. The topological polar surface area (TPSA) is 117 Å². The lowest BCUT2D eigenvalue weighted by Crippen LogP contribution is -2.68. The van der Waals surface area contributed by atoms with Gasteiger partial charge in [0, 0.05) is 15.9 Å². The Morgan fingerprint density at radius 1 is 1.00 bits per heavy atom. The molecule has 1 aromatic heterocycles. The molecule has 1 aliphatic rings. The maximum atomic E-state index is 8.49. The van der Waals surface area contributed by atoms with E-state index >= 15 is 0 Å². The van der Waals surface area contributed by atoms with Crippen LogP contribution in [0, 0.1) is 10.2 Å². The number of rotatable bonds is 1. The Balaban J connectivity index is 0.000000309. The normalized spacial score (nSPS) is 15.2. The second-order valence-corrected chi connectivity index (χ2v) is 7.05. The Labute approximate surface area is 136 Å². The van der Waals surface area contributed by atoms with Gasteiger partial charge >= 0.3 is 4.80 Å². The average molecular weight is 365 g/mol. The molecule has 3 rings (SSSR count). The van der Waals surface area contributed by atoms with E-state index in [1.807, 2.05) is 6.07 Å². The smallest absolute Gasteiger partial charge is 0.373 e. The molecule has 1 aliphatic heterocycles. The van der Waals surface area contributed by atoms with Crippen LogP contribution in [0.4, 0.5) is 0 Å². The highest BCUT2D eigenvalue weighted by Gasteiger charge is 2.15. The fourth-order valence-electron chi connectivity index (χ4n) is 1.77. The number of aromatic nitrogens is 1. The third-order valence-corrected chi connectivity index (χ3v) is 4.93. The molecule has 10 heteroatoms. The Hall–Kier alpha value is -0.910. The molecule has 0 amide bonds. The SMILES string of the molecule is [O-][Cl+3]([O-])([O-])[O-].c1ccc(-c2nc(=[N+]3CCOCC3)ss2)cc1. The highest BCUT2D eigenvalue weighted by Crippen LogP contribution is 2.21. The van der Waals surface area contributed by atoms with E-state index in [4.69, 9.17) is 28.4 Å². The summed E-state index contributed by atoms with van der Waals surface area (Å²) in [7, 11) is -1.45. The third kappa shape index (κ3) is 6.07. The third-order valence-electron chi connectivity index (χ3n) is 2.69. The monoisotopic (exact) mass is 364 g/mol. The summed E-state index contributed by atoms with van der Waals surface area (Å²) in [6.45, 7) is 3.53. The molecular formula is C12H13ClN2O5S2. The van der Waals surface area contributed by atoms with Crippen molar-refractivity contribution in [2.24, 2.45) is 0 Å². The van der Waals surface area contributed by atoms with Gasteiger partial charge in [0.15, 0.2) is 0 Å². The van der Waals surface area contributed by atoms with Crippen molar-refractivity contribution in [3.63, 3.8) is 0 Å². The predicted octanol–water partition coefficient (Wildman–Crippen LogP) is -3.08. The van der Waals surface area contributed by atoms with Crippen molar-refractivity contribution in [3.8, 4) is 10.6 Å². The van der Waals surface area contributed by atoms with Crippen LogP contribution in [0.1, 0.15) is 0 Å². The molecular weight excluding hydrogens is 352 g/mol. The molecule has 1 fully saturated rings. The fraction of sp³-hybridized carbons (Fsp3) is 0.333. The minimum atomic E-state index is -4.94. The summed E-state index contributed by atoms with van der Waals surface area (Å²) in [6, 6.07) is 10.3. The first-order valence-corrected chi connectivity index (χ1v) is 9.62. The molecule has 0 spiro atoms. The lowest BCUT2D eigenvalue weighted by Gasteiger charge is -2.17. The van der Waals surface area contributed by atoms with Crippen molar-refractivity contribution in [1.29, 1.82) is 0 Å². The van der Waals surface area contributed by atoms with Gasteiger partial charge in [-0.05, 0) is 27.5 Å². The number of hydrogen-bond donors (Lipinski definition) is 0. The van der Waals surface area contributed by atoms with Crippen LogP contribution in [0.15, 0.2) is 30.3 Å². The van der Waals surface area contributed by atoms with Crippen LogP contribution in [-0.4, -0.2) is 31.3 Å². The molecule has 120 valence electrons. The molecule has 2 heterocycles. The summed E-state index contributed by atoms with van der Waals surface area (Å²) in [6.07, 6.45) is 0. The van der Waals surface area contributed by atoms with Gasteiger partial charge in [-0.25, -0.2) is 23.2 Å². The van der Waals surface area contributed by atoms with E-state index < -0.39 is 10.2 Å². The summed E-state index contributed by atoms with van der Waals surface area (Å²) in [5.74, 6) is 0. The first-order valence-electron chi connectivity index (χ1n) is 6.23. The van der Waals surface area contributed by atoms with Crippen molar-refractivity contribution < 1.29 is 33.6 Å². The molecule has 7 nitrogen and oxygen atoms in total. The van der Waals surface area contributed by atoms with Crippen LogP contribution in [0.2, 0.25) is 0 Å². The fourth-order valence-corrected chi connectivity index (χ4v) is 4.05. The number of nitrogens with zero attached hydrogens (tertiary/aromatic N) is 2. The molecule has 0 atom stereocenters. The Bertz CT molecular complexity index is 639. The molecule has 0 aliphatic carbocycles. The molecule has 1 aromatic carbocycles. The Morgan fingerprint density at radius 2 is 1.59 bits per heavy atom. The van der Waals surface area contributed by atoms with Gasteiger partial charge in [0.2, 0.25) is 5.01 Å². The van der Waals surface area contributed by atoms with Crippen LogP contribution >= 0.6 is 20.7 Å². The first kappa shape index (κ1) is 17.4. The van der Waals surface area contributed by atoms with E-state index in [0.717, 1.165) is 36.1 Å². The largest absolute Gasteiger partial charge is 0.389 e. The zero-order chi connectivity index (χ0) is 16.0. The van der Waals surface area contributed by atoms with Crippen LogP contribution in [-0.2, 0) is 4.74 Å². The van der Waals surface area contributed by atoms with Gasteiger partial charge < -0.3 is 4.74 Å². The van der Waals surface area contributed by atoms with Gasteiger partial charge in [0.05, 0.1) is 13.2 Å². The number of benzene rings is 1. The van der Waals surface area contributed by atoms with Gasteiger partial charge in [0.1, 0.15) is 13.1 Å².